The van der Waals surface area contributed by atoms with Crippen LogP contribution in [0.2, 0.25) is 19.6 Å². The van der Waals surface area contributed by atoms with E-state index < -0.39 is 8.32 Å². The maximum atomic E-state index is 11.7. The molecule has 0 saturated heterocycles. The number of hydrogen-bond donors (Lipinski definition) is 0. The lowest BCUT2D eigenvalue weighted by molar-refractivity contribution is 0.0719. The number of carbonyl (C=O) groups excluding carboxylic acids is 1. The van der Waals surface area contributed by atoms with Crippen molar-refractivity contribution in [1.82, 2.24) is 4.98 Å². The Bertz CT molecular complexity index is 527. The van der Waals surface area contributed by atoms with Crippen molar-refractivity contribution in [3.05, 3.63) is 30.2 Å². The molecule has 2 aromatic rings. The Hall–Kier alpha value is -1.62. The summed E-state index contributed by atoms with van der Waals surface area (Å²) in [5.74, 6) is -0.359. The lowest BCUT2D eigenvalue weighted by Crippen LogP contribution is -2.29. The minimum atomic E-state index is -1.87. The van der Waals surface area contributed by atoms with Crippen molar-refractivity contribution >= 4 is 25.4 Å². The lowest BCUT2D eigenvalue weighted by Gasteiger charge is -2.16. The summed E-state index contributed by atoms with van der Waals surface area (Å²) in [4.78, 5) is 15.9. The fourth-order valence-electron chi connectivity index (χ4n) is 1.30. The first-order chi connectivity index (χ1) is 7.46. The molecule has 0 spiro atoms. The highest BCUT2D eigenvalue weighted by Crippen LogP contribution is 2.15. The first kappa shape index (κ1) is 10.9. The third-order valence-electron chi connectivity index (χ3n) is 1.91. The molecule has 5 heteroatoms. The molecule has 2 rings (SSSR count). The summed E-state index contributed by atoms with van der Waals surface area (Å²) in [7, 11) is -1.87. The van der Waals surface area contributed by atoms with Gasteiger partial charge in [0.1, 0.15) is 11.2 Å². The Balaban J connectivity index is 2.29. The van der Waals surface area contributed by atoms with Gasteiger partial charge in [-0.25, -0.2) is 9.78 Å². The SMILES string of the molecule is C[Si](C)(C)OC(=O)c1ccc2occc2n1. The normalized spacial score (nSPS) is 11.7. The van der Waals surface area contributed by atoms with Crippen LogP contribution in [-0.2, 0) is 4.43 Å². The van der Waals surface area contributed by atoms with Gasteiger partial charge in [0.15, 0.2) is 5.58 Å². The second-order valence-corrected chi connectivity index (χ2v) is 8.93. The fourth-order valence-corrected chi connectivity index (χ4v) is 1.96. The van der Waals surface area contributed by atoms with Gasteiger partial charge in [0.05, 0.1) is 6.26 Å². The predicted molar refractivity (Wildman–Crippen MR) is 62.8 cm³/mol. The van der Waals surface area contributed by atoms with Gasteiger partial charge in [-0.05, 0) is 31.8 Å². The molecule has 0 saturated carbocycles. The van der Waals surface area contributed by atoms with Crippen LogP contribution in [0.5, 0.6) is 0 Å². The van der Waals surface area contributed by atoms with Crippen LogP contribution in [0, 0.1) is 0 Å². The molecule has 2 aromatic heterocycles. The van der Waals surface area contributed by atoms with E-state index in [1.54, 1.807) is 24.5 Å². The Morgan fingerprint density at radius 3 is 2.75 bits per heavy atom. The van der Waals surface area contributed by atoms with E-state index in [4.69, 9.17) is 8.84 Å². The van der Waals surface area contributed by atoms with Gasteiger partial charge in [0.25, 0.3) is 0 Å². The summed E-state index contributed by atoms with van der Waals surface area (Å²) in [5, 5.41) is 0. The number of pyridine rings is 1. The van der Waals surface area contributed by atoms with E-state index in [0.717, 1.165) is 0 Å². The summed E-state index contributed by atoms with van der Waals surface area (Å²) in [6, 6.07) is 5.07. The number of nitrogens with zero attached hydrogens (tertiary/aromatic N) is 1. The molecule has 0 unspecified atom stereocenters. The highest BCUT2D eigenvalue weighted by atomic mass is 28.4. The van der Waals surface area contributed by atoms with Gasteiger partial charge in [0, 0.05) is 6.07 Å². The van der Waals surface area contributed by atoms with E-state index in [1.807, 2.05) is 19.6 Å². The second-order valence-electron chi connectivity index (χ2n) is 4.50. The number of furan rings is 1. The average molecular weight is 235 g/mol. The first-order valence-electron chi connectivity index (χ1n) is 5.03. The molecule has 0 aliphatic carbocycles. The van der Waals surface area contributed by atoms with Gasteiger partial charge in [-0.15, -0.1) is 0 Å². The molecule has 0 fully saturated rings. The van der Waals surface area contributed by atoms with Gasteiger partial charge in [-0.2, -0.15) is 0 Å². The summed E-state index contributed by atoms with van der Waals surface area (Å²) >= 11 is 0. The predicted octanol–water partition coefficient (Wildman–Crippen LogP) is 2.82. The van der Waals surface area contributed by atoms with E-state index in [-0.39, 0.29) is 5.97 Å². The lowest BCUT2D eigenvalue weighted by atomic mass is 10.3. The number of carbonyl (C=O) groups is 1. The minimum Gasteiger partial charge on any atom is -0.515 e. The van der Waals surface area contributed by atoms with E-state index >= 15 is 0 Å². The van der Waals surface area contributed by atoms with E-state index in [1.165, 1.54) is 0 Å². The van der Waals surface area contributed by atoms with Gasteiger partial charge in [-0.3, -0.25) is 0 Å². The van der Waals surface area contributed by atoms with Crippen LogP contribution in [-0.4, -0.2) is 19.3 Å². The Labute approximate surface area is 94.4 Å². The molecule has 0 aromatic carbocycles. The molecule has 0 amide bonds. The second kappa shape index (κ2) is 3.75. The Morgan fingerprint density at radius 2 is 2.06 bits per heavy atom. The van der Waals surface area contributed by atoms with Crippen molar-refractivity contribution < 1.29 is 13.6 Å². The number of rotatable bonds is 2. The molecule has 0 atom stereocenters. The minimum absolute atomic E-state index is 0.330. The Kier molecular flexibility index (Phi) is 2.55. The van der Waals surface area contributed by atoms with Crippen molar-refractivity contribution in [2.45, 2.75) is 19.6 Å². The molecule has 0 aliphatic heterocycles. The molecule has 0 bridgehead atoms. The molecular weight excluding hydrogens is 222 g/mol. The zero-order valence-corrected chi connectivity index (χ0v) is 10.5. The van der Waals surface area contributed by atoms with Gasteiger partial charge in [-0.1, -0.05) is 0 Å². The molecule has 0 N–H and O–H groups in total. The molecule has 16 heavy (non-hydrogen) atoms. The van der Waals surface area contributed by atoms with Crippen LogP contribution in [0.1, 0.15) is 10.5 Å². The van der Waals surface area contributed by atoms with Crippen LogP contribution in [0.4, 0.5) is 0 Å². The van der Waals surface area contributed by atoms with E-state index in [0.29, 0.717) is 16.8 Å². The smallest absolute Gasteiger partial charge is 0.343 e. The number of fused-ring (bicyclic) bond motifs is 1. The van der Waals surface area contributed by atoms with E-state index in [2.05, 4.69) is 4.98 Å². The van der Waals surface area contributed by atoms with Crippen LogP contribution in [0.15, 0.2) is 28.9 Å². The van der Waals surface area contributed by atoms with Crippen molar-refractivity contribution in [2.24, 2.45) is 0 Å². The zero-order chi connectivity index (χ0) is 11.8. The van der Waals surface area contributed by atoms with Crippen LogP contribution in [0.3, 0.4) is 0 Å². The molecule has 2 heterocycles. The quantitative estimate of drug-likeness (QED) is 0.751. The standard InChI is InChI=1S/C11H13NO3Si/c1-16(2,3)15-11(13)9-4-5-10-8(12-9)6-7-14-10/h4-7H,1-3H3. The first-order valence-corrected chi connectivity index (χ1v) is 8.44. The molecular formula is C11H13NO3Si. The highest BCUT2D eigenvalue weighted by molar-refractivity contribution is 6.71. The summed E-state index contributed by atoms with van der Waals surface area (Å²) in [6.07, 6.45) is 1.55. The average Bonchev–Trinajstić information content (AvgIpc) is 2.61. The van der Waals surface area contributed by atoms with E-state index in [9.17, 15) is 4.79 Å². The van der Waals surface area contributed by atoms with Crippen molar-refractivity contribution in [3.8, 4) is 0 Å². The topological polar surface area (TPSA) is 52.3 Å². The van der Waals surface area contributed by atoms with Crippen LogP contribution < -0.4 is 0 Å². The van der Waals surface area contributed by atoms with Gasteiger partial charge >= 0.3 is 5.97 Å². The fraction of sp³-hybridized carbons (Fsp3) is 0.273. The van der Waals surface area contributed by atoms with Gasteiger partial charge in [0.2, 0.25) is 8.32 Å². The molecule has 0 radical (unpaired) electrons. The molecule has 0 aliphatic rings. The zero-order valence-electron chi connectivity index (χ0n) is 9.48. The van der Waals surface area contributed by atoms with Crippen LogP contribution >= 0.6 is 0 Å². The van der Waals surface area contributed by atoms with Crippen molar-refractivity contribution in [3.63, 3.8) is 0 Å². The number of hydrogen-bond acceptors (Lipinski definition) is 4. The summed E-state index contributed by atoms with van der Waals surface area (Å²) < 4.78 is 10.5. The summed E-state index contributed by atoms with van der Waals surface area (Å²) in [6.45, 7) is 5.88. The maximum Gasteiger partial charge on any atom is 0.343 e. The maximum absolute atomic E-state index is 11.7. The molecule has 84 valence electrons. The third-order valence-corrected chi connectivity index (χ3v) is 2.71. The highest BCUT2D eigenvalue weighted by Gasteiger charge is 2.22. The molecule has 4 nitrogen and oxygen atoms in total. The monoisotopic (exact) mass is 235 g/mol. The Morgan fingerprint density at radius 1 is 1.31 bits per heavy atom. The third kappa shape index (κ3) is 2.30. The summed E-state index contributed by atoms with van der Waals surface area (Å²) in [5.41, 5.74) is 1.67. The largest absolute Gasteiger partial charge is 0.515 e. The van der Waals surface area contributed by atoms with Crippen molar-refractivity contribution in [1.29, 1.82) is 0 Å². The van der Waals surface area contributed by atoms with Crippen molar-refractivity contribution in [2.75, 3.05) is 0 Å². The number of aromatic nitrogens is 1. The van der Waals surface area contributed by atoms with Crippen LogP contribution in [0.25, 0.3) is 11.1 Å². The van der Waals surface area contributed by atoms with Gasteiger partial charge < -0.3 is 8.84 Å².